The van der Waals surface area contributed by atoms with E-state index in [-0.39, 0.29) is 11.5 Å². The predicted octanol–water partition coefficient (Wildman–Crippen LogP) is 6.59. The van der Waals surface area contributed by atoms with Gasteiger partial charge in [0.05, 0.1) is 5.56 Å². The molecular weight excluding hydrogens is 422 g/mol. The third kappa shape index (κ3) is 3.40. The molecule has 0 radical (unpaired) electrons. The molecule has 0 aliphatic rings. The van der Waals surface area contributed by atoms with Crippen molar-refractivity contribution in [2.45, 2.75) is 0 Å². The van der Waals surface area contributed by atoms with Crippen LogP contribution in [0.1, 0.15) is 0 Å². The summed E-state index contributed by atoms with van der Waals surface area (Å²) in [5.41, 5.74) is 2.17. The van der Waals surface area contributed by atoms with Gasteiger partial charge in [0, 0.05) is 17.2 Å². The van der Waals surface area contributed by atoms with E-state index >= 15 is 0 Å². The Hall–Kier alpha value is -4.77. The van der Waals surface area contributed by atoms with Crippen molar-refractivity contribution in [3.05, 3.63) is 103 Å². The summed E-state index contributed by atoms with van der Waals surface area (Å²) in [6.07, 6.45) is 0. The highest BCUT2D eigenvalue weighted by Crippen LogP contribution is 2.35. The first kappa shape index (κ1) is 19.9. The van der Waals surface area contributed by atoms with E-state index in [0.29, 0.717) is 23.0 Å². The molecule has 34 heavy (non-hydrogen) atoms. The van der Waals surface area contributed by atoms with Gasteiger partial charge >= 0.3 is 0 Å². The van der Waals surface area contributed by atoms with Crippen molar-refractivity contribution in [3.8, 4) is 45.7 Å². The zero-order valence-electron chi connectivity index (χ0n) is 18.1. The number of phenols is 2. The van der Waals surface area contributed by atoms with Gasteiger partial charge in [-0.25, -0.2) is 15.0 Å². The second-order valence-corrected chi connectivity index (χ2v) is 8.06. The summed E-state index contributed by atoms with van der Waals surface area (Å²) in [6.45, 7) is 0. The molecule has 6 aromatic rings. The van der Waals surface area contributed by atoms with Crippen LogP contribution in [0.5, 0.6) is 11.5 Å². The van der Waals surface area contributed by atoms with E-state index in [1.165, 1.54) is 12.1 Å². The highest BCUT2D eigenvalue weighted by Gasteiger charge is 2.17. The lowest BCUT2D eigenvalue weighted by atomic mass is 10.0. The molecule has 0 saturated heterocycles. The van der Waals surface area contributed by atoms with Crippen molar-refractivity contribution in [1.82, 2.24) is 15.0 Å². The number of rotatable bonds is 3. The SMILES string of the molecule is Oc1ccc(-c2nc(-c3cccc4ccccc34)nc(-c3cccc4ccccc34)n2)c(O)c1. The van der Waals surface area contributed by atoms with Crippen molar-refractivity contribution in [2.75, 3.05) is 0 Å². The number of hydrogen-bond donors (Lipinski definition) is 2. The summed E-state index contributed by atoms with van der Waals surface area (Å²) in [4.78, 5) is 14.4. The van der Waals surface area contributed by atoms with Crippen LogP contribution in [0.25, 0.3) is 55.7 Å². The molecule has 0 atom stereocenters. The summed E-state index contributed by atoms with van der Waals surface area (Å²) in [7, 11) is 0. The topological polar surface area (TPSA) is 79.1 Å². The molecule has 0 aliphatic carbocycles. The van der Waals surface area contributed by atoms with Crippen LogP contribution < -0.4 is 0 Å². The number of benzene rings is 5. The summed E-state index contributed by atoms with van der Waals surface area (Å²) >= 11 is 0. The molecule has 0 bridgehead atoms. The van der Waals surface area contributed by atoms with Gasteiger partial charge in [-0.3, -0.25) is 0 Å². The van der Waals surface area contributed by atoms with Crippen LogP contribution in [0.4, 0.5) is 0 Å². The molecule has 0 unspecified atom stereocenters. The normalized spacial score (nSPS) is 11.2. The number of nitrogens with zero attached hydrogens (tertiary/aromatic N) is 3. The second kappa shape index (κ2) is 7.98. The van der Waals surface area contributed by atoms with Gasteiger partial charge in [0.15, 0.2) is 17.5 Å². The van der Waals surface area contributed by atoms with Gasteiger partial charge in [-0.2, -0.15) is 0 Å². The first-order valence-corrected chi connectivity index (χ1v) is 10.9. The van der Waals surface area contributed by atoms with Gasteiger partial charge < -0.3 is 10.2 Å². The lowest BCUT2D eigenvalue weighted by Crippen LogP contribution is -2.01. The molecule has 162 valence electrons. The Balaban J connectivity index is 1.66. The minimum Gasteiger partial charge on any atom is -0.508 e. The maximum atomic E-state index is 10.6. The standard InChI is InChI=1S/C29H19N3O2/c33-20-15-16-25(26(34)17-20)29-31-27(23-13-5-9-18-7-1-3-11-21(18)23)30-28(32-29)24-14-6-10-19-8-2-4-12-22(19)24/h1-17,33-34H. The number of aromatic nitrogens is 3. The van der Waals surface area contributed by atoms with E-state index in [0.717, 1.165) is 32.7 Å². The van der Waals surface area contributed by atoms with Gasteiger partial charge in [0.25, 0.3) is 0 Å². The highest BCUT2D eigenvalue weighted by molar-refractivity contribution is 5.97. The minimum atomic E-state index is -0.0982. The van der Waals surface area contributed by atoms with Crippen molar-refractivity contribution in [3.63, 3.8) is 0 Å². The Morgan fingerprint density at radius 1 is 0.441 bits per heavy atom. The van der Waals surface area contributed by atoms with Crippen LogP contribution >= 0.6 is 0 Å². The van der Waals surface area contributed by atoms with Crippen LogP contribution in [-0.2, 0) is 0 Å². The average Bonchev–Trinajstić information content (AvgIpc) is 2.88. The molecule has 0 spiro atoms. The number of phenolic OH excluding ortho intramolecular Hbond substituents is 2. The van der Waals surface area contributed by atoms with Crippen molar-refractivity contribution in [2.24, 2.45) is 0 Å². The zero-order chi connectivity index (χ0) is 23.1. The van der Waals surface area contributed by atoms with Crippen LogP contribution in [0.2, 0.25) is 0 Å². The largest absolute Gasteiger partial charge is 0.508 e. The Labute approximate surface area is 195 Å². The molecule has 0 fully saturated rings. The molecule has 5 heteroatoms. The van der Waals surface area contributed by atoms with E-state index in [2.05, 4.69) is 24.3 Å². The Morgan fingerprint density at radius 3 is 1.44 bits per heavy atom. The third-order valence-electron chi connectivity index (χ3n) is 5.92. The maximum Gasteiger partial charge on any atom is 0.167 e. The molecule has 5 aromatic carbocycles. The van der Waals surface area contributed by atoms with E-state index < -0.39 is 0 Å². The Kier molecular flexibility index (Phi) is 4.66. The van der Waals surface area contributed by atoms with Crippen molar-refractivity contribution >= 4 is 21.5 Å². The molecule has 5 nitrogen and oxygen atoms in total. The zero-order valence-corrected chi connectivity index (χ0v) is 18.1. The van der Waals surface area contributed by atoms with Crippen LogP contribution in [-0.4, -0.2) is 25.2 Å². The molecule has 2 N–H and O–H groups in total. The molecule has 0 saturated carbocycles. The van der Waals surface area contributed by atoms with E-state index in [1.54, 1.807) is 6.07 Å². The fourth-order valence-electron chi connectivity index (χ4n) is 4.29. The molecule has 1 aromatic heterocycles. The van der Waals surface area contributed by atoms with Gasteiger partial charge in [-0.05, 0) is 33.7 Å². The fourth-order valence-corrected chi connectivity index (χ4v) is 4.29. The molecule has 6 rings (SSSR count). The quantitative estimate of drug-likeness (QED) is 0.324. The molecule has 1 heterocycles. The Bertz CT molecular complexity index is 1590. The summed E-state index contributed by atoms with van der Waals surface area (Å²) in [5.74, 6) is 1.23. The number of fused-ring (bicyclic) bond motifs is 2. The van der Waals surface area contributed by atoms with Crippen molar-refractivity contribution in [1.29, 1.82) is 0 Å². The van der Waals surface area contributed by atoms with Crippen LogP contribution in [0, 0.1) is 0 Å². The first-order valence-electron chi connectivity index (χ1n) is 10.9. The molecule has 0 aliphatic heterocycles. The summed E-state index contributed by atoms with van der Waals surface area (Å²) < 4.78 is 0. The monoisotopic (exact) mass is 441 g/mol. The minimum absolute atomic E-state index is 0.0288. The fraction of sp³-hybridized carbons (Fsp3) is 0. The van der Waals surface area contributed by atoms with Crippen molar-refractivity contribution < 1.29 is 10.2 Å². The van der Waals surface area contributed by atoms with Crippen LogP contribution in [0.3, 0.4) is 0 Å². The Morgan fingerprint density at radius 2 is 0.912 bits per heavy atom. The smallest absolute Gasteiger partial charge is 0.167 e. The third-order valence-corrected chi connectivity index (χ3v) is 5.92. The molecular formula is C29H19N3O2. The first-order chi connectivity index (χ1) is 16.7. The van der Waals surface area contributed by atoms with Crippen LogP contribution in [0.15, 0.2) is 103 Å². The maximum absolute atomic E-state index is 10.6. The molecule has 0 amide bonds. The lowest BCUT2D eigenvalue weighted by Gasteiger charge is -2.12. The predicted molar refractivity (Wildman–Crippen MR) is 134 cm³/mol. The number of aromatic hydroxyl groups is 2. The van der Waals surface area contributed by atoms with E-state index in [4.69, 9.17) is 15.0 Å². The van der Waals surface area contributed by atoms with E-state index in [9.17, 15) is 10.2 Å². The van der Waals surface area contributed by atoms with Gasteiger partial charge in [-0.15, -0.1) is 0 Å². The summed E-state index contributed by atoms with van der Waals surface area (Å²) in [6, 6.07) is 32.6. The van der Waals surface area contributed by atoms with Gasteiger partial charge in [0.2, 0.25) is 0 Å². The van der Waals surface area contributed by atoms with Gasteiger partial charge in [0.1, 0.15) is 11.5 Å². The highest BCUT2D eigenvalue weighted by atomic mass is 16.3. The van der Waals surface area contributed by atoms with E-state index in [1.807, 2.05) is 60.7 Å². The lowest BCUT2D eigenvalue weighted by molar-refractivity contribution is 0.451. The second-order valence-electron chi connectivity index (χ2n) is 8.06. The number of hydrogen-bond acceptors (Lipinski definition) is 5. The average molecular weight is 441 g/mol. The summed E-state index contributed by atoms with van der Waals surface area (Å²) in [5, 5.41) is 24.6. The van der Waals surface area contributed by atoms with Gasteiger partial charge in [-0.1, -0.05) is 84.9 Å².